The summed E-state index contributed by atoms with van der Waals surface area (Å²) in [7, 11) is 0. The van der Waals surface area contributed by atoms with E-state index >= 15 is 0 Å². The van der Waals surface area contributed by atoms with Crippen molar-refractivity contribution in [2.24, 2.45) is 0 Å². The van der Waals surface area contributed by atoms with Gasteiger partial charge in [0.15, 0.2) is 0 Å². The number of benzene rings is 1. The minimum Gasteiger partial charge on any atom is -0.487 e. The van der Waals surface area contributed by atoms with Crippen molar-refractivity contribution in [2.75, 3.05) is 0 Å². The van der Waals surface area contributed by atoms with E-state index < -0.39 is 0 Å². The number of nitrogens with one attached hydrogen (secondary N) is 1. The maximum atomic E-state index is 9.17. The summed E-state index contributed by atoms with van der Waals surface area (Å²) in [6, 6.07) is 15.5. The highest BCUT2D eigenvalue weighted by molar-refractivity contribution is 5.35. The predicted octanol–water partition coefficient (Wildman–Crippen LogP) is 3.69. The summed E-state index contributed by atoms with van der Waals surface area (Å²) in [5.74, 6) is 2.35. The van der Waals surface area contributed by atoms with Crippen LogP contribution in [0.4, 0.5) is 0 Å². The van der Waals surface area contributed by atoms with Gasteiger partial charge in [-0.1, -0.05) is 23.4 Å². The van der Waals surface area contributed by atoms with E-state index in [4.69, 9.17) is 14.5 Å². The Morgan fingerprint density at radius 2 is 2.07 bits per heavy atom. The molecule has 1 aliphatic carbocycles. The zero-order valence-electron chi connectivity index (χ0n) is 14.9. The number of aromatic nitrogens is 2. The largest absolute Gasteiger partial charge is 0.487 e. The van der Waals surface area contributed by atoms with Gasteiger partial charge < -0.3 is 14.6 Å². The van der Waals surface area contributed by atoms with Crippen molar-refractivity contribution in [3.05, 3.63) is 76.9 Å². The molecule has 0 atom stereocenters. The topological polar surface area (TPSA) is 84.0 Å². The van der Waals surface area contributed by atoms with Gasteiger partial charge in [0.25, 0.3) is 0 Å². The molecule has 1 aliphatic rings. The van der Waals surface area contributed by atoms with Crippen molar-refractivity contribution in [3.63, 3.8) is 0 Å². The van der Waals surface area contributed by atoms with E-state index in [1.54, 1.807) is 18.3 Å². The quantitative estimate of drug-likeness (QED) is 0.659. The van der Waals surface area contributed by atoms with Crippen LogP contribution in [0.25, 0.3) is 0 Å². The minimum absolute atomic E-state index is 0.259. The molecule has 1 saturated carbocycles. The molecule has 2 aromatic heterocycles. The Morgan fingerprint density at radius 3 is 2.93 bits per heavy atom. The van der Waals surface area contributed by atoms with Crippen LogP contribution in [0.2, 0.25) is 0 Å². The van der Waals surface area contributed by atoms with E-state index in [0.29, 0.717) is 30.3 Å². The fourth-order valence-corrected chi connectivity index (χ4v) is 2.89. The molecular formula is C21H20N4O2. The van der Waals surface area contributed by atoms with Gasteiger partial charge in [0.05, 0.1) is 17.0 Å². The molecule has 0 spiro atoms. The minimum atomic E-state index is 0.259. The Morgan fingerprint density at radius 1 is 1.19 bits per heavy atom. The van der Waals surface area contributed by atoms with Crippen LogP contribution in [0.3, 0.4) is 0 Å². The Balaban J connectivity index is 1.35. The first-order valence-electron chi connectivity index (χ1n) is 9.04. The van der Waals surface area contributed by atoms with Gasteiger partial charge >= 0.3 is 0 Å². The normalized spacial score (nSPS) is 13.3. The highest BCUT2D eigenvalue weighted by atomic mass is 16.5. The van der Waals surface area contributed by atoms with Crippen LogP contribution in [0, 0.1) is 11.3 Å². The third-order valence-corrected chi connectivity index (χ3v) is 4.53. The number of nitriles is 1. The fourth-order valence-electron chi connectivity index (χ4n) is 2.89. The number of pyridine rings is 1. The summed E-state index contributed by atoms with van der Waals surface area (Å²) >= 11 is 0. The average molecular weight is 360 g/mol. The predicted molar refractivity (Wildman–Crippen MR) is 98.7 cm³/mol. The van der Waals surface area contributed by atoms with Gasteiger partial charge in [-0.15, -0.1) is 0 Å². The van der Waals surface area contributed by atoms with Crippen LogP contribution in [-0.2, 0) is 19.7 Å². The zero-order valence-corrected chi connectivity index (χ0v) is 14.9. The van der Waals surface area contributed by atoms with Crippen molar-refractivity contribution in [1.29, 1.82) is 5.26 Å². The Bertz CT molecular complexity index is 957. The summed E-state index contributed by atoms with van der Waals surface area (Å²) in [6.07, 6.45) is 4.08. The first kappa shape index (κ1) is 17.3. The summed E-state index contributed by atoms with van der Waals surface area (Å²) in [5.41, 5.74) is 3.13. The van der Waals surface area contributed by atoms with Crippen LogP contribution < -0.4 is 10.1 Å². The molecule has 0 bridgehead atoms. The second-order valence-corrected chi connectivity index (χ2v) is 6.60. The van der Waals surface area contributed by atoms with Crippen LogP contribution in [0.5, 0.6) is 5.75 Å². The van der Waals surface area contributed by atoms with Crippen LogP contribution >= 0.6 is 0 Å². The second kappa shape index (κ2) is 8.02. The van der Waals surface area contributed by atoms with E-state index in [-0.39, 0.29) is 6.61 Å². The van der Waals surface area contributed by atoms with Crippen molar-refractivity contribution in [1.82, 2.24) is 15.5 Å². The average Bonchev–Trinajstić information content (AvgIpc) is 3.46. The molecule has 0 aliphatic heterocycles. The van der Waals surface area contributed by atoms with Gasteiger partial charge in [0.1, 0.15) is 24.2 Å². The van der Waals surface area contributed by atoms with E-state index in [9.17, 15) is 0 Å². The van der Waals surface area contributed by atoms with E-state index in [1.165, 1.54) is 12.8 Å². The van der Waals surface area contributed by atoms with Crippen LogP contribution in [0.15, 0.2) is 53.2 Å². The lowest BCUT2D eigenvalue weighted by Crippen LogP contribution is -2.14. The molecule has 0 amide bonds. The molecule has 0 saturated heterocycles. The highest BCUT2D eigenvalue weighted by Gasteiger charge is 2.27. The van der Waals surface area contributed by atoms with Crippen LogP contribution in [0.1, 0.15) is 47.0 Å². The van der Waals surface area contributed by atoms with Crippen molar-refractivity contribution in [2.45, 2.75) is 38.5 Å². The molecular weight excluding hydrogens is 340 g/mol. The lowest BCUT2D eigenvalue weighted by atomic mass is 10.2. The number of ether oxygens (including phenoxy) is 1. The molecule has 27 heavy (non-hydrogen) atoms. The summed E-state index contributed by atoms with van der Waals surface area (Å²) in [5, 5.41) is 16.7. The maximum Gasteiger partial charge on any atom is 0.140 e. The SMILES string of the molecule is N#Cc1cccnc1COc1ccccc1CNCc1cc(C2CC2)on1. The van der Waals surface area contributed by atoms with E-state index in [1.807, 2.05) is 30.3 Å². The summed E-state index contributed by atoms with van der Waals surface area (Å²) in [4.78, 5) is 4.24. The number of nitrogens with zero attached hydrogens (tertiary/aromatic N) is 3. The van der Waals surface area contributed by atoms with Crippen molar-refractivity contribution >= 4 is 0 Å². The molecule has 1 fully saturated rings. The molecule has 1 aromatic carbocycles. The molecule has 2 heterocycles. The Hall–Kier alpha value is -3.17. The van der Waals surface area contributed by atoms with Gasteiger partial charge in [0, 0.05) is 36.8 Å². The third-order valence-electron chi connectivity index (χ3n) is 4.53. The molecule has 0 unspecified atom stereocenters. The lowest BCUT2D eigenvalue weighted by Gasteiger charge is -2.12. The number of hydrogen-bond donors (Lipinski definition) is 1. The summed E-state index contributed by atoms with van der Waals surface area (Å²) < 4.78 is 11.3. The molecule has 1 N–H and O–H groups in total. The second-order valence-electron chi connectivity index (χ2n) is 6.60. The van der Waals surface area contributed by atoms with Gasteiger partial charge in [-0.2, -0.15) is 5.26 Å². The smallest absolute Gasteiger partial charge is 0.140 e. The van der Waals surface area contributed by atoms with Crippen LogP contribution in [-0.4, -0.2) is 10.1 Å². The molecule has 136 valence electrons. The van der Waals surface area contributed by atoms with Gasteiger partial charge in [0.2, 0.25) is 0 Å². The van der Waals surface area contributed by atoms with Gasteiger partial charge in [-0.25, -0.2) is 0 Å². The lowest BCUT2D eigenvalue weighted by molar-refractivity contribution is 0.297. The monoisotopic (exact) mass is 360 g/mol. The standard InChI is InChI=1S/C21H20N4O2/c22-11-16-5-3-9-24-19(16)14-26-20-6-2-1-4-17(20)12-23-13-18-10-21(27-25-18)15-7-8-15/h1-6,9-10,15,23H,7-8,12-14H2. The zero-order chi connectivity index (χ0) is 18.5. The molecule has 6 nitrogen and oxygen atoms in total. The maximum absolute atomic E-state index is 9.17. The Labute approximate surface area is 157 Å². The summed E-state index contributed by atoms with van der Waals surface area (Å²) in [6.45, 7) is 1.55. The first-order valence-corrected chi connectivity index (χ1v) is 9.04. The molecule has 0 radical (unpaired) electrons. The third kappa shape index (κ3) is 4.33. The van der Waals surface area contributed by atoms with E-state index in [2.05, 4.69) is 21.5 Å². The highest BCUT2D eigenvalue weighted by Crippen LogP contribution is 2.40. The van der Waals surface area contributed by atoms with Gasteiger partial charge in [-0.3, -0.25) is 4.98 Å². The molecule has 3 aromatic rings. The number of rotatable bonds is 8. The fraction of sp³-hybridized carbons (Fsp3) is 0.286. The van der Waals surface area contributed by atoms with E-state index in [0.717, 1.165) is 22.8 Å². The first-order chi connectivity index (χ1) is 13.3. The van der Waals surface area contributed by atoms with Crippen molar-refractivity contribution in [3.8, 4) is 11.8 Å². The molecule has 6 heteroatoms. The van der Waals surface area contributed by atoms with Gasteiger partial charge in [-0.05, 0) is 31.0 Å². The number of para-hydroxylation sites is 1. The number of hydrogen-bond acceptors (Lipinski definition) is 6. The van der Waals surface area contributed by atoms with Crippen molar-refractivity contribution < 1.29 is 9.26 Å². The Kier molecular flexibility index (Phi) is 5.13. The molecule has 4 rings (SSSR count).